The summed E-state index contributed by atoms with van der Waals surface area (Å²) < 4.78 is 2.04. The number of nitrogens with zero attached hydrogens (tertiary/aromatic N) is 3. The van der Waals surface area contributed by atoms with Crippen molar-refractivity contribution in [1.29, 1.82) is 0 Å². The molecule has 5 nitrogen and oxygen atoms in total. The number of carbonyl (C=O) groups excluding carboxylic acids is 2. The molecule has 132 valence electrons. The summed E-state index contributed by atoms with van der Waals surface area (Å²) in [6, 6.07) is 4.35. The van der Waals surface area contributed by atoms with Crippen molar-refractivity contribution in [2.45, 2.75) is 51.6 Å². The lowest BCUT2D eigenvalue weighted by Gasteiger charge is -2.27. The third kappa shape index (κ3) is 4.98. The molecule has 1 aromatic heterocycles. The number of unbranched alkanes of at least 4 members (excludes halogenated alkanes) is 1. The fraction of sp³-hybridized carbons (Fsp3) is 0.579. The Morgan fingerprint density at radius 2 is 2.12 bits per heavy atom. The Balaban J connectivity index is 2.01. The van der Waals surface area contributed by atoms with Crippen molar-refractivity contribution in [3.63, 3.8) is 0 Å². The molecule has 0 atom stereocenters. The van der Waals surface area contributed by atoms with Crippen molar-refractivity contribution in [1.82, 2.24) is 14.4 Å². The second kappa shape index (κ2) is 8.71. The van der Waals surface area contributed by atoms with Gasteiger partial charge in [0.2, 0.25) is 11.8 Å². The first kappa shape index (κ1) is 18.3. The lowest BCUT2D eigenvalue weighted by Crippen LogP contribution is -2.43. The Bertz CT molecular complexity index is 575. The molecule has 1 heterocycles. The second-order valence-corrected chi connectivity index (χ2v) is 6.53. The van der Waals surface area contributed by atoms with Crippen molar-refractivity contribution >= 4 is 11.8 Å². The summed E-state index contributed by atoms with van der Waals surface area (Å²) in [6.07, 6.45) is 8.13. The summed E-state index contributed by atoms with van der Waals surface area (Å²) in [4.78, 5) is 28.7. The fourth-order valence-electron chi connectivity index (χ4n) is 2.79. The van der Waals surface area contributed by atoms with Gasteiger partial charge in [0.1, 0.15) is 6.54 Å². The number of hydrogen-bond donors (Lipinski definition) is 0. The van der Waals surface area contributed by atoms with Gasteiger partial charge in [-0.05, 0) is 31.4 Å². The molecule has 1 aliphatic rings. The van der Waals surface area contributed by atoms with Crippen LogP contribution in [0.5, 0.6) is 0 Å². The average Bonchev–Trinajstić information content (AvgIpc) is 3.32. The molecule has 24 heavy (non-hydrogen) atoms. The molecule has 0 saturated heterocycles. The van der Waals surface area contributed by atoms with E-state index < -0.39 is 0 Å². The lowest BCUT2D eigenvalue weighted by atomic mass is 10.2. The van der Waals surface area contributed by atoms with Gasteiger partial charge in [0.25, 0.3) is 0 Å². The van der Waals surface area contributed by atoms with Crippen LogP contribution in [0.15, 0.2) is 31.0 Å². The first-order valence-electron chi connectivity index (χ1n) is 8.85. The number of aryl methyl sites for hydroxylation is 1. The van der Waals surface area contributed by atoms with Gasteiger partial charge in [0.05, 0.1) is 6.54 Å². The number of hydrogen-bond acceptors (Lipinski definition) is 2. The minimum atomic E-state index is 0.0328. The van der Waals surface area contributed by atoms with Gasteiger partial charge in [-0.1, -0.05) is 19.4 Å². The number of rotatable bonds is 10. The van der Waals surface area contributed by atoms with E-state index in [-0.39, 0.29) is 18.4 Å². The first-order valence-corrected chi connectivity index (χ1v) is 8.85. The molecule has 0 radical (unpaired) electrons. The van der Waals surface area contributed by atoms with E-state index in [9.17, 15) is 9.59 Å². The Hall–Kier alpha value is -2.04. The minimum Gasteiger partial charge on any atom is -0.353 e. The first-order chi connectivity index (χ1) is 11.6. The molecule has 5 heteroatoms. The molecular formula is C19H29N3O2. The van der Waals surface area contributed by atoms with Gasteiger partial charge in [-0.2, -0.15) is 0 Å². The summed E-state index contributed by atoms with van der Waals surface area (Å²) in [5.41, 5.74) is 1.11. The molecule has 1 aromatic rings. The summed E-state index contributed by atoms with van der Waals surface area (Å²) in [7, 11) is 1.99. The van der Waals surface area contributed by atoms with Crippen LogP contribution < -0.4 is 0 Å². The predicted octanol–water partition coefficient (Wildman–Crippen LogP) is 2.72. The molecule has 2 amide bonds. The van der Waals surface area contributed by atoms with Gasteiger partial charge in [0, 0.05) is 37.9 Å². The molecule has 1 aliphatic carbocycles. The van der Waals surface area contributed by atoms with Gasteiger partial charge in [0.15, 0.2) is 0 Å². The van der Waals surface area contributed by atoms with E-state index in [1.54, 1.807) is 11.0 Å². The summed E-state index contributed by atoms with van der Waals surface area (Å²) >= 11 is 0. The van der Waals surface area contributed by atoms with Gasteiger partial charge in [-0.3, -0.25) is 9.59 Å². The Labute approximate surface area is 144 Å². The maximum atomic E-state index is 12.8. The van der Waals surface area contributed by atoms with E-state index in [4.69, 9.17) is 0 Å². The molecule has 2 rings (SSSR count). The van der Waals surface area contributed by atoms with Gasteiger partial charge < -0.3 is 14.4 Å². The van der Waals surface area contributed by atoms with Crippen molar-refractivity contribution in [3.05, 3.63) is 36.7 Å². The largest absolute Gasteiger partial charge is 0.353 e. The van der Waals surface area contributed by atoms with Gasteiger partial charge >= 0.3 is 0 Å². The van der Waals surface area contributed by atoms with Crippen LogP contribution in [0.4, 0.5) is 0 Å². The normalized spacial score (nSPS) is 13.6. The monoisotopic (exact) mass is 331 g/mol. The quantitative estimate of drug-likeness (QED) is 0.619. The SMILES string of the molecule is C=CCN(CC(=O)N(Cc1cccn1C)C1CC1)C(=O)CCCC. The molecule has 0 N–H and O–H groups in total. The van der Waals surface area contributed by atoms with Crippen LogP contribution in [-0.4, -0.2) is 45.3 Å². The van der Waals surface area contributed by atoms with Crippen LogP contribution in [0.1, 0.15) is 44.7 Å². The Kier molecular flexibility index (Phi) is 6.64. The van der Waals surface area contributed by atoms with Gasteiger partial charge in [-0.15, -0.1) is 6.58 Å². The minimum absolute atomic E-state index is 0.0328. The smallest absolute Gasteiger partial charge is 0.242 e. The zero-order chi connectivity index (χ0) is 17.5. The van der Waals surface area contributed by atoms with Crippen molar-refractivity contribution in [3.8, 4) is 0 Å². The van der Waals surface area contributed by atoms with E-state index in [0.717, 1.165) is 31.4 Å². The topological polar surface area (TPSA) is 45.6 Å². The average molecular weight is 331 g/mol. The lowest BCUT2D eigenvalue weighted by molar-refractivity contribution is -0.141. The Morgan fingerprint density at radius 3 is 2.67 bits per heavy atom. The van der Waals surface area contributed by atoms with Crippen LogP contribution in [0, 0.1) is 0 Å². The maximum Gasteiger partial charge on any atom is 0.242 e. The molecule has 0 bridgehead atoms. The second-order valence-electron chi connectivity index (χ2n) is 6.53. The zero-order valence-electron chi connectivity index (χ0n) is 14.9. The molecule has 0 spiro atoms. The van der Waals surface area contributed by atoms with E-state index in [2.05, 4.69) is 13.5 Å². The third-order valence-corrected chi connectivity index (χ3v) is 4.46. The summed E-state index contributed by atoms with van der Waals surface area (Å²) in [6.45, 7) is 6.96. The van der Waals surface area contributed by atoms with E-state index in [1.165, 1.54) is 0 Å². The summed E-state index contributed by atoms with van der Waals surface area (Å²) in [5.74, 6) is 0.0742. The van der Waals surface area contributed by atoms with Crippen LogP contribution in [0.2, 0.25) is 0 Å². The molecular weight excluding hydrogens is 302 g/mol. The highest BCUT2D eigenvalue weighted by atomic mass is 16.2. The molecule has 0 aromatic carbocycles. The van der Waals surface area contributed by atoms with E-state index in [1.807, 2.05) is 34.8 Å². The highest BCUT2D eigenvalue weighted by Crippen LogP contribution is 2.28. The van der Waals surface area contributed by atoms with Crippen molar-refractivity contribution in [2.24, 2.45) is 7.05 Å². The maximum absolute atomic E-state index is 12.8. The number of carbonyl (C=O) groups is 2. The molecule has 0 aliphatic heterocycles. The zero-order valence-corrected chi connectivity index (χ0v) is 14.9. The number of aromatic nitrogens is 1. The Morgan fingerprint density at radius 1 is 1.38 bits per heavy atom. The summed E-state index contributed by atoms with van der Waals surface area (Å²) in [5, 5.41) is 0. The van der Waals surface area contributed by atoms with Crippen LogP contribution >= 0.6 is 0 Å². The standard InChI is InChI=1S/C19H29N3O2/c1-4-6-9-18(23)21(12-5-2)15-19(24)22(16-10-11-16)14-17-8-7-13-20(17)3/h5,7-8,13,16H,2,4,6,9-12,14-15H2,1,3H3. The van der Waals surface area contributed by atoms with Crippen molar-refractivity contribution < 1.29 is 9.59 Å². The van der Waals surface area contributed by atoms with Crippen molar-refractivity contribution in [2.75, 3.05) is 13.1 Å². The van der Waals surface area contributed by atoms with Gasteiger partial charge in [-0.25, -0.2) is 0 Å². The third-order valence-electron chi connectivity index (χ3n) is 4.46. The van der Waals surface area contributed by atoms with E-state index in [0.29, 0.717) is 25.6 Å². The highest BCUT2D eigenvalue weighted by Gasteiger charge is 2.33. The van der Waals surface area contributed by atoms with Crippen LogP contribution in [-0.2, 0) is 23.2 Å². The fourth-order valence-corrected chi connectivity index (χ4v) is 2.79. The molecule has 1 fully saturated rings. The van der Waals surface area contributed by atoms with Crippen LogP contribution in [0.25, 0.3) is 0 Å². The molecule has 1 saturated carbocycles. The predicted molar refractivity (Wildman–Crippen MR) is 95.3 cm³/mol. The highest BCUT2D eigenvalue weighted by molar-refractivity contribution is 5.85. The number of amides is 2. The molecule has 0 unspecified atom stereocenters. The van der Waals surface area contributed by atoms with Crippen LogP contribution in [0.3, 0.4) is 0 Å². The van der Waals surface area contributed by atoms with E-state index >= 15 is 0 Å².